The van der Waals surface area contributed by atoms with E-state index in [4.69, 9.17) is 5.73 Å². The largest absolute Gasteiger partial charge is 0.396 e. The van der Waals surface area contributed by atoms with Crippen molar-refractivity contribution in [1.29, 1.82) is 0 Å². The van der Waals surface area contributed by atoms with Crippen LogP contribution in [0.25, 0.3) is 10.8 Å². The molecule has 8 nitrogen and oxygen atoms in total. The van der Waals surface area contributed by atoms with E-state index in [1.807, 2.05) is 87.7 Å². The summed E-state index contributed by atoms with van der Waals surface area (Å²) in [6.07, 6.45) is 4.30. The number of nitrogens with zero attached hydrogens (tertiary/aromatic N) is 2. The Balaban J connectivity index is 1.94. The minimum absolute atomic E-state index is 0.0900. The Bertz CT molecular complexity index is 1410. The highest BCUT2D eigenvalue weighted by molar-refractivity contribution is 7.09. The second kappa shape index (κ2) is 14.8. The summed E-state index contributed by atoms with van der Waals surface area (Å²) in [4.78, 5) is 45.1. The Morgan fingerprint density at radius 2 is 1.65 bits per heavy atom. The Morgan fingerprint density at radius 1 is 0.953 bits per heavy atom. The van der Waals surface area contributed by atoms with Crippen LogP contribution in [0.4, 0.5) is 0 Å². The normalized spacial score (nSPS) is 13.6. The third-order valence-corrected chi connectivity index (χ3v) is 8.41. The first-order valence-corrected chi connectivity index (χ1v) is 15.5. The van der Waals surface area contributed by atoms with Crippen molar-refractivity contribution in [3.05, 3.63) is 82.6 Å². The van der Waals surface area contributed by atoms with Gasteiger partial charge in [-0.05, 0) is 54.1 Å². The highest BCUT2D eigenvalue weighted by atomic mass is 32.1. The zero-order chi connectivity index (χ0) is 31.8. The number of carbonyl (C=O) groups excluding carboxylic acids is 3. The van der Waals surface area contributed by atoms with E-state index in [0.717, 1.165) is 21.2 Å². The second-order valence-electron chi connectivity index (χ2n) is 12.7. The number of hydrogen-bond acceptors (Lipinski definition) is 6. The van der Waals surface area contributed by atoms with Gasteiger partial charge in [0.15, 0.2) is 0 Å². The van der Waals surface area contributed by atoms with Crippen LogP contribution in [-0.2, 0) is 27.2 Å². The number of aliphatic hydroxyl groups excluding tert-OH is 1. The Labute approximate surface area is 259 Å². The van der Waals surface area contributed by atoms with Crippen molar-refractivity contribution in [3.63, 3.8) is 0 Å². The quantitative estimate of drug-likeness (QED) is 0.239. The third-order valence-electron chi connectivity index (χ3n) is 7.51. The van der Waals surface area contributed by atoms with Crippen LogP contribution in [0.3, 0.4) is 0 Å². The van der Waals surface area contributed by atoms with E-state index >= 15 is 0 Å². The summed E-state index contributed by atoms with van der Waals surface area (Å²) >= 11 is 1.52. The van der Waals surface area contributed by atoms with Crippen LogP contribution in [0, 0.1) is 5.41 Å². The van der Waals surface area contributed by atoms with Gasteiger partial charge in [-0.25, -0.2) is 0 Å². The molecule has 0 aliphatic rings. The molecule has 43 heavy (non-hydrogen) atoms. The van der Waals surface area contributed by atoms with E-state index in [-0.39, 0.29) is 37.3 Å². The second-order valence-corrected chi connectivity index (χ2v) is 13.8. The molecule has 0 saturated carbocycles. The highest BCUT2D eigenvalue weighted by Crippen LogP contribution is 2.21. The number of nitrogens with two attached hydrogens (primary N) is 1. The first-order chi connectivity index (χ1) is 20.2. The van der Waals surface area contributed by atoms with E-state index in [1.165, 1.54) is 27.2 Å². The van der Waals surface area contributed by atoms with Gasteiger partial charge in [0.2, 0.25) is 17.7 Å². The molecule has 0 radical (unpaired) electrons. The highest BCUT2D eigenvalue weighted by Gasteiger charge is 2.35. The van der Waals surface area contributed by atoms with Crippen molar-refractivity contribution in [2.75, 3.05) is 27.2 Å². The predicted molar refractivity (Wildman–Crippen MR) is 175 cm³/mol. The van der Waals surface area contributed by atoms with Gasteiger partial charge in [0, 0.05) is 55.9 Å². The molecule has 3 amide bonds. The summed E-state index contributed by atoms with van der Waals surface area (Å²) in [6.45, 7) is 7.64. The van der Waals surface area contributed by atoms with Gasteiger partial charge in [-0.2, -0.15) is 0 Å². The fraction of sp³-hybridized carbons (Fsp3) is 0.441. The van der Waals surface area contributed by atoms with Gasteiger partial charge in [-0.15, -0.1) is 11.3 Å². The maximum absolute atomic E-state index is 14.3. The zero-order valence-corrected chi connectivity index (χ0v) is 27.0. The van der Waals surface area contributed by atoms with Crippen molar-refractivity contribution in [3.8, 4) is 0 Å². The van der Waals surface area contributed by atoms with Crippen molar-refractivity contribution >= 4 is 39.8 Å². The van der Waals surface area contributed by atoms with Gasteiger partial charge in [0.05, 0.1) is 0 Å². The number of likely N-dealkylation sites (N-methyl/N-ethyl adjacent to an activating group) is 2. The van der Waals surface area contributed by atoms with Gasteiger partial charge in [0.1, 0.15) is 12.1 Å². The van der Waals surface area contributed by atoms with Gasteiger partial charge >= 0.3 is 0 Å². The molecule has 4 N–H and O–H groups in total. The first-order valence-electron chi connectivity index (χ1n) is 14.6. The molecule has 3 aromatic rings. The fourth-order valence-electron chi connectivity index (χ4n) is 4.63. The maximum Gasteiger partial charge on any atom is 0.246 e. The standard InChI is InChI=1S/C34H46N4O4S/c1-33(2,23-39)22-36-31(41)28(21-27-13-10-18-43-27)38(6)32(42)29(37(5)30(40)14-9-17-34(3,4)35)20-24-15-16-25-11-7-8-12-26(25)19-24/h7-16,18-19,28-29,39H,17,20-23,35H2,1-6H3,(H,36,41)/t28-,29-/m1/s1. The molecule has 0 spiro atoms. The maximum atomic E-state index is 14.3. The van der Waals surface area contributed by atoms with Crippen molar-refractivity contribution in [1.82, 2.24) is 15.1 Å². The predicted octanol–water partition coefficient (Wildman–Crippen LogP) is 4.16. The molecule has 232 valence electrons. The van der Waals surface area contributed by atoms with E-state index in [9.17, 15) is 19.5 Å². The van der Waals surface area contributed by atoms with Gasteiger partial charge in [-0.1, -0.05) is 68.5 Å². The molecule has 1 aromatic heterocycles. The summed E-state index contributed by atoms with van der Waals surface area (Å²) in [5.41, 5.74) is 6.00. The lowest BCUT2D eigenvalue weighted by Crippen LogP contribution is -2.56. The lowest BCUT2D eigenvalue weighted by atomic mass is 9.94. The molecule has 3 rings (SSSR count). The Kier molecular flexibility index (Phi) is 11.7. The molecule has 0 aliphatic heterocycles. The van der Waals surface area contributed by atoms with Gasteiger partial charge < -0.3 is 26.0 Å². The number of nitrogens with one attached hydrogen (secondary N) is 1. The number of fused-ring (bicyclic) bond motifs is 1. The topological polar surface area (TPSA) is 116 Å². The average molecular weight is 607 g/mol. The summed E-state index contributed by atoms with van der Waals surface area (Å²) in [6, 6.07) is 16.2. The molecule has 0 unspecified atom stereocenters. The van der Waals surface area contributed by atoms with Crippen molar-refractivity contribution < 1.29 is 19.5 Å². The summed E-state index contributed by atoms with van der Waals surface area (Å²) in [5, 5.41) is 16.7. The van der Waals surface area contributed by atoms with Crippen molar-refractivity contribution in [2.24, 2.45) is 11.1 Å². The van der Waals surface area contributed by atoms with Crippen LogP contribution in [0.5, 0.6) is 0 Å². The smallest absolute Gasteiger partial charge is 0.246 e. The molecule has 2 aromatic carbocycles. The Morgan fingerprint density at radius 3 is 2.28 bits per heavy atom. The number of hydrogen-bond donors (Lipinski definition) is 3. The summed E-state index contributed by atoms with van der Waals surface area (Å²) in [7, 11) is 3.24. The van der Waals surface area contributed by atoms with E-state index in [1.54, 1.807) is 20.2 Å². The molecule has 0 bridgehead atoms. The number of amides is 3. The summed E-state index contributed by atoms with van der Waals surface area (Å²) in [5.74, 6) is -0.968. The molecule has 0 saturated heterocycles. The van der Waals surface area contributed by atoms with E-state index in [2.05, 4.69) is 5.32 Å². The molecule has 0 fully saturated rings. The third kappa shape index (κ3) is 10.0. The number of carbonyl (C=O) groups is 3. The van der Waals surface area contributed by atoms with Crippen LogP contribution in [-0.4, -0.2) is 77.5 Å². The first kappa shape index (κ1) is 34.0. The van der Waals surface area contributed by atoms with Crippen LogP contribution < -0.4 is 11.1 Å². The molecule has 0 aliphatic carbocycles. The SMILES string of the molecule is CN(C(=O)C=CCC(C)(C)N)[C@H](Cc1ccc2ccccc2c1)C(=O)N(C)[C@H](Cc1cccs1)C(=O)NCC(C)(C)CO. The molecule has 2 atom stereocenters. The number of rotatable bonds is 14. The molecule has 1 heterocycles. The number of thiophene rings is 1. The van der Waals surface area contributed by atoms with E-state index < -0.39 is 23.0 Å². The number of aliphatic hydroxyl groups is 1. The van der Waals surface area contributed by atoms with Crippen LogP contribution in [0.1, 0.15) is 44.6 Å². The number of benzene rings is 2. The monoisotopic (exact) mass is 606 g/mol. The van der Waals surface area contributed by atoms with Crippen molar-refractivity contribution in [2.45, 2.75) is 64.6 Å². The lowest BCUT2D eigenvalue weighted by molar-refractivity contribution is -0.146. The lowest BCUT2D eigenvalue weighted by Gasteiger charge is -2.34. The molecular formula is C34H46N4O4S. The summed E-state index contributed by atoms with van der Waals surface area (Å²) < 4.78 is 0. The van der Waals surface area contributed by atoms with Crippen LogP contribution in [0.2, 0.25) is 0 Å². The van der Waals surface area contributed by atoms with Crippen LogP contribution >= 0.6 is 11.3 Å². The fourth-order valence-corrected chi connectivity index (χ4v) is 5.37. The minimum Gasteiger partial charge on any atom is -0.396 e. The Hall–Kier alpha value is -3.53. The molecular weight excluding hydrogens is 560 g/mol. The average Bonchev–Trinajstić information content (AvgIpc) is 3.49. The van der Waals surface area contributed by atoms with Gasteiger partial charge in [-0.3, -0.25) is 14.4 Å². The molecule has 9 heteroatoms. The van der Waals surface area contributed by atoms with Crippen LogP contribution in [0.15, 0.2) is 72.1 Å². The van der Waals surface area contributed by atoms with Gasteiger partial charge in [0.25, 0.3) is 0 Å². The van der Waals surface area contributed by atoms with E-state index in [0.29, 0.717) is 12.8 Å². The minimum atomic E-state index is -0.860. The zero-order valence-electron chi connectivity index (χ0n) is 26.2.